The molecule has 21 heavy (non-hydrogen) atoms. The van der Waals surface area contributed by atoms with Crippen LogP contribution in [0.2, 0.25) is 10.0 Å². The molecule has 1 aromatic rings. The van der Waals surface area contributed by atoms with Gasteiger partial charge in [-0.1, -0.05) is 37.0 Å². The summed E-state index contributed by atoms with van der Waals surface area (Å²) >= 11 is 12.2. The lowest BCUT2D eigenvalue weighted by Gasteiger charge is -2.40. The normalized spacial score (nSPS) is 21.1. The molecule has 2 rings (SSSR count). The molecule has 0 aliphatic carbocycles. The number of halogens is 2. The zero-order valence-electron chi connectivity index (χ0n) is 12.4. The second-order valence-corrected chi connectivity index (χ2v) is 6.18. The highest BCUT2D eigenvalue weighted by Gasteiger charge is 2.34. The summed E-state index contributed by atoms with van der Waals surface area (Å²) in [4.78, 5) is 4.33. The first-order chi connectivity index (χ1) is 10.0. The highest BCUT2D eigenvalue weighted by Crippen LogP contribution is 2.34. The number of ether oxygens (including phenoxy) is 1. The van der Waals surface area contributed by atoms with Crippen LogP contribution in [0.5, 0.6) is 0 Å². The van der Waals surface area contributed by atoms with E-state index in [0.29, 0.717) is 21.7 Å². The summed E-state index contributed by atoms with van der Waals surface area (Å²) in [6.07, 6.45) is 3.86. The maximum atomic E-state index is 6.21. The van der Waals surface area contributed by atoms with Crippen LogP contribution in [0.15, 0.2) is 6.07 Å². The quantitative estimate of drug-likeness (QED) is 0.564. The van der Waals surface area contributed by atoms with Gasteiger partial charge in [-0.05, 0) is 31.7 Å². The summed E-state index contributed by atoms with van der Waals surface area (Å²) in [5, 5.41) is 4.29. The minimum absolute atomic E-state index is 0.0518. The Hall–Kier alpha value is -0.750. The molecular weight excluding hydrogens is 311 g/mol. The molecule has 0 saturated carbocycles. The molecule has 0 aromatic carbocycles. The Morgan fingerprint density at radius 3 is 2.62 bits per heavy atom. The van der Waals surface area contributed by atoms with E-state index in [1.54, 1.807) is 6.07 Å². The van der Waals surface area contributed by atoms with Gasteiger partial charge in [-0.2, -0.15) is 0 Å². The summed E-state index contributed by atoms with van der Waals surface area (Å²) in [6, 6.07) is 1.91. The second-order valence-electron chi connectivity index (χ2n) is 5.37. The van der Waals surface area contributed by atoms with E-state index in [0.717, 1.165) is 32.3 Å². The van der Waals surface area contributed by atoms with Crippen LogP contribution in [-0.4, -0.2) is 23.2 Å². The zero-order valence-corrected chi connectivity index (χ0v) is 13.9. The van der Waals surface area contributed by atoms with E-state index in [-0.39, 0.29) is 11.6 Å². The van der Waals surface area contributed by atoms with Crippen LogP contribution in [0.1, 0.15) is 39.5 Å². The van der Waals surface area contributed by atoms with Crippen molar-refractivity contribution in [3.8, 4) is 0 Å². The highest BCUT2D eigenvalue weighted by molar-refractivity contribution is 6.37. The first kappa shape index (κ1) is 16.6. The minimum Gasteiger partial charge on any atom is -0.375 e. The number of pyridine rings is 1. The van der Waals surface area contributed by atoms with Gasteiger partial charge in [0.25, 0.3) is 0 Å². The molecule has 2 heterocycles. The van der Waals surface area contributed by atoms with Gasteiger partial charge in [0.05, 0.1) is 15.6 Å². The first-order valence-electron chi connectivity index (χ1n) is 7.26. The van der Waals surface area contributed by atoms with Gasteiger partial charge in [0.15, 0.2) is 5.82 Å². The molecule has 1 aliphatic heterocycles. The first-order valence-corrected chi connectivity index (χ1v) is 8.02. The van der Waals surface area contributed by atoms with E-state index in [4.69, 9.17) is 33.8 Å². The number of nitrogens with zero attached hydrogens (tertiary/aromatic N) is 1. The number of nitrogens with two attached hydrogens (primary N) is 1. The van der Waals surface area contributed by atoms with Crippen LogP contribution in [0.3, 0.4) is 0 Å². The molecule has 118 valence electrons. The minimum atomic E-state index is -0.0518. The second kappa shape index (κ2) is 7.01. The Bertz CT molecular complexity index is 494. The standard InChI is InChI=1S/C14H22Cl2N4O/c1-3-14(4-2)8-9(5-6-21-14)18-12-10(15)7-11(16)13(19-12)20-17/h7,9H,3-6,8,17H2,1-2H3,(H2,18,19,20). The Morgan fingerprint density at radius 2 is 2.00 bits per heavy atom. The van der Waals surface area contributed by atoms with Gasteiger partial charge in [0.2, 0.25) is 0 Å². The van der Waals surface area contributed by atoms with Gasteiger partial charge in [0, 0.05) is 12.6 Å². The van der Waals surface area contributed by atoms with E-state index in [9.17, 15) is 0 Å². The number of nitrogen functional groups attached to an aromatic ring is 1. The van der Waals surface area contributed by atoms with Crippen molar-refractivity contribution in [3.63, 3.8) is 0 Å². The van der Waals surface area contributed by atoms with Crippen LogP contribution in [-0.2, 0) is 4.74 Å². The van der Waals surface area contributed by atoms with E-state index >= 15 is 0 Å². The number of hydrazine groups is 1. The smallest absolute Gasteiger partial charge is 0.161 e. The zero-order chi connectivity index (χ0) is 15.5. The van der Waals surface area contributed by atoms with Crippen molar-refractivity contribution in [2.24, 2.45) is 5.84 Å². The molecule has 0 spiro atoms. The number of nitrogens with one attached hydrogen (secondary N) is 2. The summed E-state index contributed by atoms with van der Waals surface area (Å²) in [5.41, 5.74) is 2.42. The van der Waals surface area contributed by atoms with Crippen LogP contribution in [0.4, 0.5) is 11.6 Å². The summed E-state index contributed by atoms with van der Waals surface area (Å²) in [7, 11) is 0. The summed E-state index contributed by atoms with van der Waals surface area (Å²) < 4.78 is 5.98. The lowest BCUT2D eigenvalue weighted by molar-refractivity contribution is -0.0864. The molecule has 1 fully saturated rings. The van der Waals surface area contributed by atoms with Gasteiger partial charge < -0.3 is 15.5 Å². The SMILES string of the molecule is CCC1(CC)CC(Nc2nc(NN)c(Cl)cc2Cl)CCO1. The fourth-order valence-corrected chi connectivity index (χ4v) is 3.22. The summed E-state index contributed by atoms with van der Waals surface area (Å²) in [5.74, 6) is 6.41. The highest BCUT2D eigenvalue weighted by atomic mass is 35.5. The molecule has 1 aliphatic rings. The number of rotatable bonds is 5. The van der Waals surface area contributed by atoms with Crippen LogP contribution >= 0.6 is 23.2 Å². The fourth-order valence-electron chi connectivity index (χ4n) is 2.76. The van der Waals surface area contributed by atoms with Gasteiger partial charge >= 0.3 is 0 Å². The van der Waals surface area contributed by atoms with Crippen LogP contribution in [0.25, 0.3) is 0 Å². The van der Waals surface area contributed by atoms with Gasteiger partial charge in [-0.25, -0.2) is 10.8 Å². The van der Waals surface area contributed by atoms with Crippen LogP contribution < -0.4 is 16.6 Å². The van der Waals surface area contributed by atoms with Crippen LogP contribution in [0, 0.1) is 0 Å². The monoisotopic (exact) mass is 332 g/mol. The topological polar surface area (TPSA) is 72.2 Å². The third-order valence-electron chi connectivity index (χ3n) is 4.19. The third-order valence-corrected chi connectivity index (χ3v) is 4.76. The molecule has 0 radical (unpaired) electrons. The lowest BCUT2D eigenvalue weighted by Crippen LogP contribution is -2.43. The van der Waals surface area contributed by atoms with Crippen molar-refractivity contribution in [2.75, 3.05) is 17.3 Å². The summed E-state index contributed by atoms with van der Waals surface area (Å²) in [6.45, 7) is 5.07. The maximum absolute atomic E-state index is 6.21. The van der Waals surface area contributed by atoms with Crippen molar-refractivity contribution in [1.29, 1.82) is 0 Å². The molecule has 4 N–H and O–H groups in total. The van der Waals surface area contributed by atoms with Crippen molar-refractivity contribution in [3.05, 3.63) is 16.1 Å². The predicted molar refractivity (Wildman–Crippen MR) is 88.0 cm³/mol. The largest absolute Gasteiger partial charge is 0.375 e. The Morgan fingerprint density at radius 1 is 1.33 bits per heavy atom. The van der Waals surface area contributed by atoms with Gasteiger partial charge in [-0.15, -0.1) is 0 Å². The number of aromatic nitrogens is 1. The number of anilines is 2. The average molecular weight is 333 g/mol. The van der Waals surface area contributed by atoms with Crippen molar-refractivity contribution in [2.45, 2.75) is 51.2 Å². The predicted octanol–water partition coefficient (Wildman–Crippen LogP) is 3.82. The van der Waals surface area contributed by atoms with E-state index < -0.39 is 0 Å². The Balaban J connectivity index is 2.14. The van der Waals surface area contributed by atoms with Crippen molar-refractivity contribution >= 4 is 34.8 Å². The van der Waals surface area contributed by atoms with E-state index in [1.165, 1.54) is 0 Å². The molecule has 0 amide bonds. The van der Waals surface area contributed by atoms with E-state index in [1.807, 2.05) is 0 Å². The van der Waals surface area contributed by atoms with E-state index in [2.05, 4.69) is 29.6 Å². The van der Waals surface area contributed by atoms with Gasteiger partial charge in [0.1, 0.15) is 5.82 Å². The molecule has 1 saturated heterocycles. The number of hydrogen-bond donors (Lipinski definition) is 3. The molecule has 1 unspecified atom stereocenters. The molecule has 5 nitrogen and oxygen atoms in total. The van der Waals surface area contributed by atoms with Gasteiger partial charge in [-0.3, -0.25) is 0 Å². The Kier molecular flexibility index (Phi) is 5.54. The molecule has 1 aromatic heterocycles. The molecule has 1 atom stereocenters. The lowest BCUT2D eigenvalue weighted by atomic mass is 9.86. The Labute approximate surface area is 135 Å². The third kappa shape index (κ3) is 3.72. The molecule has 0 bridgehead atoms. The maximum Gasteiger partial charge on any atom is 0.161 e. The van der Waals surface area contributed by atoms with Crippen molar-refractivity contribution < 1.29 is 4.74 Å². The number of hydrogen-bond acceptors (Lipinski definition) is 5. The van der Waals surface area contributed by atoms with Crippen molar-refractivity contribution in [1.82, 2.24) is 4.98 Å². The molecular formula is C14H22Cl2N4O. The average Bonchev–Trinajstić information content (AvgIpc) is 2.50. The molecule has 7 heteroatoms. The fraction of sp³-hybridized carbons (Fsp3) is 0.643.